The maximum absolute atomic E-state index is 13.9. The quantitative estimate of drug-likeness (QED) is 0.586. The van der Waals surface area contributed by atoms with Gasteiger partial charge in [-0.05, 0) is 12.8 Å². The smallest absolute Gasteiger partial charge is 0.199 e. The molecular weight excluding hydrogens is 220 g/mol. The molecule has 4 heteroatoms. The van der Waals surface area contributed by atoms with E-state index in [1.165, 1.54) is 41.5 Å². The highest BCUT2D eigenvalue weighted by molar-refractivity contribution is 5.02. The van der Waals surface area contributed by atoms with Gasteiger partial charge in [0.15, 0.2) is 0 Å². The van der Waals surface area contributed by atoms with E-state index >= 15 is 0 Å². The summed E-state index contributed by atoms with van der Waals surface area (Å²) < 4.78 is 55.6. The van der Waals surface area contributed by atoms with Gasteiger partial charge in [-0.3, -0.25) is 0 Å². The zero-order valence-corrected chi connectivity index (χ0v) is 10.9. The monoisotopic (exact) mass is 242 g/mol. The fourth-order valence-corrected chi connectivity index (χ4v) is 1.29. The Morgan fingerprint density at radius 1 is 0.625 bits per heavy atom. The van der Waals surface area contributed by atoms with Gasteiger partial charge in [0.25, 0.3) is 0 Å². The topological polar surface area (TPSA) is 0 Å². The van der Waals surface area contributed by atoms with Gasteiger partial charge in [0.1, 0.15) is 0 Å². The second kappa shape index (κ2) is 4.19. The van der Waals surface area contributed by atoms with E-state index in [1.54, 1.807) is 0 Å². The first kappa shape index (κ1) is 15.7. The zero-order chi connectivity index (χ0) is 13.4. The van der Waals surface area contributed by atoms with Gasteiger partial charge in [-0.25, -0.2) is 0 Å². The van der Waals surface area contributed by atoms with Gasteiger partial charge in [-0.15, -0.1) is 0 Å². The summed E-state index contributed by atoms with van der Waals surface area (Å²) in [5.41, 5.74) is -3.41. The molecule has 0 saturated carbocycles. The molecule has 0 aliphatic heterocycles. The third kappa shape index (κ3) is 2.07. The van der Waals surface area contributed by atoms with E-state index in [0.29, 0.717) is 0 Å². The largest absolute Gasteiger partial charge is 0.315 e. The van der Waals surface area contributed by atoms with Crippen molar-refractivity contribution >= 4 is 0 Å². The minimum atomic E-state index is -4.01. The van der Waals surface area contributed by atoms with Crippen molar-refractivity contribution in [1.82, 2.24) is 0 Å². The van der Waals surface area contributed by atoms with E-state index in [2.05, 4.69) is 0 Å². The zero-order valence-electron chi connectivity index (χ0n) is 10.9. The molecule has 0 rings (SSSR count). The molecule has 0 radical (unpaired) electrons. The van der Waals surface area contributed by atoms with Crippen molar-refractivity contribution in [1.29, 1.82) is 0 Å². The first-order chi connectivity index (χ1) is 6.87. The molecule has 16 heavy (non-hydrogen) atoms. The second-order valence-electron chi connectivity index (χ2n) is 5.62. The summed E-state index contributed by atoms with van der Waals surface area (Å²) in [4.78, 5) is 0. The minimum absolute atomic E-state index is 0.00931. The van der Waals surface area contributed by atoms with Crippen molar-refractivity contribution in [3.63, 3.8) is 0 Å². The molecule has 0 aromatic rings. The fourth-order valence-electron chi connectivity index (χ4n) is 1.29. The molecule has 0 heterocycles. The lowest BCUT2D eigenvalue weighted by molar-refractivity contribution is -0.303. The average Bonchev–Trinajstić information content (AvgIpc) is 2.16. The van der Waals surface area contributed by atoms with Crippen LogP contribution in [-0.4, -0.2) is 11.8 Å². The van der Waals surface area contributed by atoms with Crippen molar-refractivity contribution in [2.24, 2.45) is 10.8 Å². The van der Waals surface area contributed by atoms with Crippen LogP contribution >= 0.6 is 0 Å². The molecule has 0 amide bonds. The summed E-state index contributed by atoms with van der Waals surface area (Å²) in [6.45, 7) is 7.75. The molecule has 0 unspecified atom stereocenters. The van der Waals surface area contributed by atoms with Gasteiger partial charge in [0, 0.05) is 10.8 Å². The van der Waals surface area contributed by atoms with Crippen LogP contribution in [0.4, 0.5) is 17.6 Å². The highest BCUT2D eigenvalue weighted by Crippen LogP contribution is 2.56. The maximum atomic E-state index is 13.9. The Bertz CT molecular complexity index is 215. The first-order valence-corrected chi connectivity index (χ1v) is 5.63. The Morgan fingerprint density at radius 2 is 0.812 bits per heavy atom. The Morgan fingerprint density at radius 3 is 0.938 bits per heavy atom. The number of rotatable bonds is 5. The van der Waals surface area contributed by atoms with Gasteiger partial charge in [0.2, 0.25) is 0 Å². The summed E-state index contributed by atoms with van der Waals surface area (Å²) in [6, 6.07) is 0. The molecule has 0 saturated heterocycles. The minimum Gasteiger partial charge on any atom is -0.199 e. The molecule has 0 aromatic heterocycles. The lowest BCUT2D eigenvalue weighted by atomic mass is 9.70. The van der Waals surface area contributed by atoms with Crippen molar-refractivity contribution in [2.45, 2.75) is 66.2 Å². The Kier molecular flexibility index (Phi) is 4.12. The van der Waals surface area contributed by atoms with Crippen molar-refractivity contribution in [3.05, 3.63) is 0 Å². The van der Waals surface area contributed by atoms with Crippen LogP contribution in [0.3, 0.4) is 0 Å². The van der Waals surface area contributed by atoms with E-state index in [4.69, 9.17) is 0 Å². The number of alkyl halides is 4. The first-order valence-electron chi connectivity index (χ1n) is 5.63. The fraction of sp³-hybridized carbons (Fsp3) is 1.00. The highest BCUT2D eigenvalue weighted by Gasteiger charge is 2.69. The molecular formula is C12H22F4. The van der Waals surface area contributed by atoms with E-state index in [1.807, 2.05) is 0 Å². The highest BCUT2D eigenvalue weighted by atomic mass is 19.3. The van der Waals surface area contributed by atoms with Crippen LogP contribution in [0.5, 0.6) is 0 Å². The van der Waals surface area contributed by atoms with Gasteiger partial charge < -0.3 is 0 Å². The number of hydrogen-bond acceptors (Lipinski definition) is 0. The molecule has 0 aliphatic rings. The second-order valence-corrected chi connectivity index (χ2v) is 5.62. The maximum Gasteiger partial charge on any atom is 0.315 e. The van der Waals surface area contributed by atoms with Crippen LogP contribution < -0.4 is 0 Å². The Labute approximate surface area is 95.4 Å². The van der Waals surface area contributed by atoms with Crippen LogP contribution in [0, 0.1) is 10.8 Å². The lowest BCUT2D eigenvalue weighted by Crippen LogP contribution is -2.58. The average molecular weight is 242 g/mol. The standard InChI is InChI=1S/C12H22F4/c1-7-9(3,4)11(13,14)12(15,16)10(5,6)8-2/h7-8H2,1-6H3. The molecule has 0 aliphatic carbocycles. The number of halogens is 4. The molecule has 0 spiro atoms. The van der Waals surface area contributed by atoms with Crippen molar-refractivity contribution in [2.75, 3.05) is 0 Å². The Hall–Kier alpha value is -0.280. The molecule has 0 atom stereocenters. The lowest BCUT2D eigenvalue weighted by Gasteiger charge is -2.45. The summed E-state index contributed by atoms with van der Waals surface area (Å²) >= 11 is 0. The van der Waals surface area contributed by atoms with Crippen LogP contribution in [-0.2, 0) is 0 Å². The van der Waals surface area contributed by atoms with Crippen LogP contribution in [0.25, 0.3) is 0 Å². The van der Waals surface area contributed by atoms with Crippen LogP contribution in [0.2, 0.25) is 0 Å². The molecule has 0 aromatic carbocycles. The normalized spacial score (nSPS) is 15.4. The van der Waals surface area contributed by atoms with Crippen molar-refractivity contribution in [3.8, 4) is 0 Å². The number of hydrogen-bond donors (Lipinski definition) is 0. The van der Waals surface area contributed by atoms with Crippen LogP contribution in [0.1, 0.15) is 54.4 Å². The predicted molar refractivity (Wildman–Crippen MR) is 58.0 cm³/mol. The summed E-state index contributed by atoms with van der Waals surface area (Å²) in [7, 11) is 0. The van der Waals surface area contributed by atoms with E-state index in [9.17, 15) is 17.6 Å². The van der Waals surface area contributed by atoms with Gasteiger partial charge >= 0.3 is 11.8 Å². The molecule has 0 fully saturated rings. The van der Waals surface area contributed by atoms with E-state index < -0.39 is 22.7 Å². The summed E-state index contributed by atoms with van der Waals surface area (Å²) in [5.74, 6) is -8.01. The summed E-state index contributed by atoms with van der Waals surface area (Å²) in [5, 5.41) is 0. The van der Waals surface area contributed by atoms with Crippen LogP contribution in [0.15, 0.2) is 0 Å². The predicted octanol–water partition coefficient (Wildman–Crippen LogP) is 5.13. The van der Waals surface area contributed by atoms with E-state index in [0.717, 1.165) is 0 Å². The van der Waals surface area contributed by atoms with E-state index in [-0.39, 0.29) is 12.8 Å². The molecule has 98 valence electrons. The van der Waals surface area contributed by atoms with Gasteiger partial charge in [-0.2, -0.15) is 17.6 Å². The van der Waals surface area contributed by atoms with Gasteiger partial charge in [-0.1, -0.05) is 41.5 Å². The van der Waals surface area contributed by atoms with Gasteiger partial charge in [0.05, 0.1) is 0 Å². The third-order valence-corrected chi connectivity index (χ3v) is 3.86. The van der Waals surface area contributed by atoms with Crippen molar-refractivity contribution < 1.29 is 17.6 Å². The molecule has 0 nitrogen and oxygen atoms in total. The Balaban J connectivity index is 5.46. The third-order valence-electron chi connectivity index (χ3n) is 3.86. The molecule has 0 bridgehead atoms. The molecule has 0 N–H and O–H groups in total. The summed E-state index contributed by atoms with van der Waals surface area (Å²) in [6.07, 6.45) is 0.0186. The SMILES string of the molecule is CCC(C)(C)C(F)(F)C(F)(F)C(C)(C)CC.